The zero-order valence-electron chi connectivity index (χ0n) is 18.4. The molecule has 0 atom stereocenters. The fourth-order valence-corrected chi connectivity index (χ4v) is 5.36. The van der Waals surface area contributed by atoms with Crippen molar-refractivity contribution in [2.45, 2.75) is 0 Å². The smallest absolute Gasteiger partial charge is 0.259 e. The fourth-order valence-electron chi connectivity index (χ4n) is 5.12. The van der Waals surface area contributed by atoms with Gasteiger partial charge in [-0.05, 0) is 29.8 Å². The Morgan fingerprint density at radius 2 is 1.65 bits per heavy atom. The van der Waals surface area contributed by atoms with Crippen molar-refractivity contribution in [3.8, 4) is 11.1 Å². The van der Waals surface area contributed by atoms with E-state index >= 15 is 0 Å². The maximum atomic E-state index is 13.1. The lowest BCUT2D eigenvalue weighted by Gasteiger charge is -2.27. The van der Waals surface area contributed by atoms with E-state index < -0.39 is 11.8 Å². The maximum absolute atomic E-state index is 13.1. The summed E-state index contributed by atoms with van der Waals surface area (Å²) in [5.41, 5.74) is 4.19. The number of fused-ring (bicyclic) bond motifs is 5. The highest BCUT2D eigenvalue weighted by Crippen LogP contribution is 2.41. The zero-order chi connectivity index (χ0) is 23.6. The Labute approximate surface area is 200 Å². The number of imide groups is 1. The van der Waals surface area contributed by atoms with Gasteiger partial charge in [0, 0.05) is 65.7 Å². The molecule has 1 fully saturated rings. The molecule has 8 heteroatoms. The summed E-state index contributed by atoms with van der Waals surface area (Å²) in [5, 5.41) is 7.73. The lowest BCUT2D eigenvalue weighted by atomic mass is 9.92. The molecule has 3 aromatic carbocycles. The van der Waals surface area contributed by atoms with E-state index in [1.165, 1.54) is 0 Å². The molecule has 0 spiro atoms. The Balaban J connectivity index is 1.62. The number of benzene rings is 3. The van der Waals surface area contributed by atoms with Crippen LogP contribution in [-0.2, 0) is 7.05 Å². The highest BCUT2D eigenvalue weighted by Gasteiger charge is 2.34. The van der Waals surface area contributed by atoms with Gasteiger partial charge in [-0.1, -0.05) is 35.9 Å². The molecule has 3 heterocycles. The van der Waals surface area contributed by atoms with E-state index in [0.717, 1.165) is 29.5 Å². The van der Waals surface area contributed by atoms with Gasteiger partial charge in [0.15, 0.2) is 0 Å². The molecule has 0 bridgehead atoms. The fraction of sp³-hybridized carbons (Fsp3) is 0.192. The molecule has 3 amide bonds. The van der Waals surface area contributed by atoms with Gasteiger partial charge in [0.1, 0.15) is 0 Å². The maximum Gasteiger partial charge on any atom is 0.259 e. The van der Waals surface area contributed by atoms with E-state index in [1.807, 2.05) is 52.9 Å². The first kappa shape index (κ1) is 20.9. The van der Waals surface area contributed by atoms with Crippen LogP contribution in [0.5, 0.6) is 0 Å². The summed E-state index contributed by atoms with van der Waals surface area (Å²) in [6.07, 6.45) is 0. The number of amides is 3. The normalized spacial score (nSPS) is 15.8. The molecule has 1 saturated heterocycles. The summed E-state index contributed by atoms with van der Waals surface area (Å²) in [6, 6.07) is 14.7. The molecular formula is C26H21ClN4O3. The van der Waals surface area contributed by atoms with Crippen LogP contribution in [0.15, 0.2) is 48.5 Å². The van der Waals surface area contributed by atoms with Crippen molar-refractivity contribution in [1.82, 2.24) is 20.1 Å². The second kappa shape index (κ2) is 7.68. The summed E-state index contributed by atoms with van der Waals surface area (Å²) in [7, 11) is 1.90. The monoisotopic (exact) mass is 472 g/mol. The summed E-state index contributed by atoms with van der Waals surface area (Å²) < 4.78 is 1.97. The van der Waals surface area contributed by atoms with Gasteiger partial charge >= 0.3 is 0 Å². The van der Waals surface area contributed by atoms with Gasteiger partial charge in [-0.3, -0.25) is 19.7 Å². The van der Waals surface area contributed by atoms with Crippen LogP contribution >= 0.6 is 11.6 Å². The minimum absolute atomic E-state index is 0.0106. The van der Waals surface area contributed by atoms with Crippen molar-refractivity contribution < 1.29 is 14.4 Å². The summed E-state index contributed by atoms with van der Waals surface area (Å²) in [4.78, 5) is 40.7. The number of aryl methyl sites for hydroxylation is 1. The highest BCUT2D eigenvalue weighted by molar-refractivity contribution is 6.36. The standard InChI is InChI=1S/C26H21ClN4O3/c1-30-19-12-14(26(34)31-10-8-28-9-11-31)6-7-16(19)21-20(30)13-17(15-4-2-3-5-18(15)27)22-23(21)25(33)29-24(22)32/h2-7,12-13,28H,8-11H2,1H3,(H,29,32,33). The van der Waals surface area contributed by atoms with Gasteiger partial charge in [0.05, 0.1) is 16.6 Å². The highest BCUT2D eigenvalue weighted by atomic mass is 35.5. The van der Waals surface area contributed by atoms with Crippen molar-refractivity contribution in [3.63, 3.8) is 0 Å². The van der Waals surface area contributed by atoms with Crippen molar-refractivity contribution in [2.75, 3.05) is 26.2 Å². The number of halogens is 1. The van der Waals surface area contributed by atoms with Crippen molar-refractivity contribution >= 4 is 51.1 Å². The average Bonchev–Trinajstić information content (AvgIpc) is 3.31. The van der Waals surface area contributed by atoms with Crippen molar-refractivity contribution in [1.29, 1.82) is 0 Å². The molecular weight excluding hydrogens is 452 g/mol. The largest absolute Gasteiger partial charge is 0.344 e. The van der Waals surface area contributed by atoms with E-state index in [9.17, 15) is 14.4 Å². The van der Waals surface area contributed by atoms with Crippen LogP contribution in [0.2, 0.25) is 5.02 Å². The molecule has 2 aliphatic rings. The topological polar surface area (TPSA) is 83.4 Å². The van der Waals surface area contributed by atoms with E-state index in [1.54, 1.807) is 12.1 Å². The predicted octanol–water partition coefficient (Wildman–Crippen LogP) is 3.58. The number of nitrogens with zero attached hydrogens (tertiary/aromatic N) is 2. The van der Waals surface area contributed by atoms with Crippen molar-refractivity contribution in [3.05, 3.63) is 70.2 Å². The van der Waals surface area contributed by atoms with Crippen molar-refractivity contribution in [2.24, 2.45) is 7.05 Å². The molecule has 2 aliphatic heterocycles. The third-order valence-corrected chi connectivity index (χ3v) is 7.12. The van der Waals surface area contributed by atoms with Gasteiger partial charge in [-0.2, -0.15) is 0 Å². The quantitative estimate of drug-likeness (QED) is 0.437. The number of rotatable bonds is 2. The van der Waals surface area contributed by atoms with E-state index in [2.05, 4.69) is 10.6 Å². The minimum atomic E-state index is -0.431. The number of nitrogens with one attached hydrogen (secondary N) is 2. The zero-order valence-corrected chi connectivity index (χ0v) is 19.2. The molecule has 2 N–H and O–H groups in total. The van der Waals surface area contributed by atoms with Crippen LogP contribution in [-0.4, -0.2) is 53.4 Å². The number of hydrogen-bond donors (Lipinski definition) is 2. The summed E-state index contributed by atoms with van der Waals surface area (Å²) >= 11 is 6.47. The van der Waals surface area contributed by atoms with E-state index in [4.69, 9.17) is 11.6 Å². The van der Waals surface area contributed by atoms with Gasteiger partial charge in [-0.25, -0.2) is 0 Å². The van der Waals surface area contributed by atoms with Gasteiger partial charge in [0.2, 0.25) is 0 Å². The Morgan fingerprint density at radius 3 is 2.41 bits per heavy atom. The van der Waals surface area contributed by atoms with Crippen LogP contribution in [0.3, 0.4) is 0 Å². The minimum Gasteiger partial charge on any atom is -0.344 e. The molecule has 170 valence electrons. The summed E-state index contributed by atoms with van der Waals surface area (Å²) in [6.45, 7) is 2.90. The van der Waals surface area contributed by atoms with Crippen LogP contribution in [0.25, 0.3) is 32.9 Å². The number of aromatic nitrogens is 1. The Hall–Kier alpha value is -3.68. The van der Waals surface area contributed by atoms with Gasteiger partial charge < -0.3 is 14.8 Å². The van der Waals surface area contributed by atoms with Crippen LogP contribution in [0.4, 0.5) is 0 Å². The molecule has 34 heavy (non-hydrogen) atoms. The lowest BCUT2D eigenvalue weighted by molar-refractivity contribution is 0.0735. The molecule has 0 saturated carbocycles. The predicted molar refractivity (Wildman–Crippen MR) is 131 cm³/mol. The van der Waals surface area contributed by atoms with E-state index in [-0.39, 0.29) is 5.91 Å². The van der Waals surface area contributed by atoms with Gasteiger partial charge in [0.25, 0.3) is 17.7 Å². The second-order valence-electron chi connectivity index (χ2n) is 8.66. The molecule has 0 unspecified atom stereocenters. The Bertz CT molecular complexity index is 1550. The Morgan fingerprint density at radius 1 is 0.912 bits per heavy atom. The Kier molecular flexibility index (Phi) is 4.72. The molecule has 0 radical (unpaired) electrons. The molecule has 0 aliphatic carbocycles. The first-order valence-corrected chi connectivity index (χ1v) is 11.5. The third kappa shape index (κ3) is 2.97. The first-order chi connectivity index (χ1) is 16.5. The second-order valence-corrected chi connectivity index (χ2v) is 9.07. The van der Waals surface area contributed by atoms with E-state index in [0.29, 0.717) is 51.3 Å². The molecule has 6 rings (SSSR count). The number of hydrogen-bond acceptors (Lipinski definition) is 4. The number of piperazine rings is 1. The van der Waals surface area contributed by atoms with Gasteiger partial charge in [-0.15, -0.1) is 0 Å². The summed E-state index contributed by atoms with van der Waals surface area (Å²) in [5.74, 6) is -0.865. The number of carbonyl (C=O) groups is 3. The van der Waals surface area contributed by atoms with Crippen LogP contribution in [0.1, 0.15) is 31.1 Å². The third-order valence-electron chi connectivity index (χ3n) is 6.79. The molecule has 4 aromatic rings. The van der Waals surface area contributed by atoms with Crippen LogP contribution < -0.4 is 10.6 Å². The molecule has 1 aromatic heterocycles. The SMILES string of the molecule is Cn1c2cc(C(=O)N3CCNCC3)ccc2c2c3c(c(-c4ccccc4Cl)cc21)C(=O)NC3=O. The average molecular weight is 473 g/mol. The number of carbonyl (C=O) groups excluding carboxylic acids is 3. The van der Waals surface area contributed by atoms with Crippen LogP contribution in [0, 0.1) is 0 Å². The first-order valence-electron chi connectivity index (χ1n) is 11.2. The lowest BCUT2D eigenvalue weighted by Crippen LogP contribution is -2.46. The molecule has 7 nitrogen and oxygen atoms in total.